The Morgan fingerprint density at radius 2 is 1.90 bits per heavy atom. The Bertz CT molecular complexity index is 1250. The number of ketones is 1. The van der Waals surface area contributed by atoms with E-state index in [2.05, 4.69) is 32.1 Å². The van der Waals surface area contributed by atoms with Crippen molar-refractivity contribution in [3.63, 3.8) is 0 Å². The summed E-state index contributed by atoms with van der Waals surface area (Å²) in [5.41, 5.74) is -0.797. The van der Waals surface area contributed by atoms with Crippen LogP contribution >= 0.6 is 0 Å². The van der Waals surface area contributed by atoms with Crippen molar-refractivity contribution in [3.05, 3.63) is 48.0 Å². The highest BCUT2D eigenvalue weighted by Crippen LogP contribution is 2.79. The Kier molecular flexibility index (Phi) is 5.46. The first-order valence-electron chi connectivity index (χ1n) is 14.8. The number of methoxy groups -OCH3 is 1. The highest BCUT2D eigenvalue weighted by atomic mass is 16.6. The minimum Gasteiger partial charge on any atom is -0.461 e. The van der Waals surface area contributed by atoms with Crippen molar-refractivity contribution in [2.75, 3.05) is 26.8 Å². The van der Waals surface area contributed by atoms with Crippen molar-refractivity contribution >= 4 is 11.9 Å². The molecule has 210 valence electrons. The summed E-state index contributed by atoms with van der Waals surface area (Å²) in [4.78, 5) is 29.2. The smallest absolute Gasteiger partial charge is 0.410 e. The first kappa shape index (κ1) is 25.6. The molecule has 7 nitrogen and oxygen atoms in total. The highest BCUT2D eigenvalue weighted by Gasteiger charge is 2.76. The monoisotopic (exact) mass is 535 g/mol. The van der Waals surface area contributed by atoms with Gasteiger partial charge in [0, 0.05) is 42.1 Å². The molecule has 39 heavy (non-hydrogen) atoms. The van der Waals surface area contributed by atoms with Crippen LogP contribution in [0.2, 0.25) is 0 Å². The van der Waals surface area contributed by atoms with Gasteiger partial charge in [-0.3, -0.25) is 4.79 Å². The molecule has 8 rings (SSSR count). The van der Waals surface area contributed by atoms with Gasteiger partial charge in [-0.15, -0.1) is 0 Å². The molecule has 8 atom stereocenters. The SMILES string of the molecule is COCCCN1CC2(CCC3C45C=CC6(C=C4C(=O)c4ccco4)CC(O)CCC6(C)C5CCC32C)OC1=O. The zero-order valence-electron chi connectivity index (χ0n) is 23.4. The van der Waals surface area contributed by atoms with Crippen LogP contribution in [0.1, 0.15) is 75.8 Å². The Morgan fingerprint density at radius 1 is 1.13 bits per heavy atom. The molecule has 7 aliphatic rings. The number of fused-ring (bicyclic) bond motifs is 2. The summed E-state index contributed by atoms with van der Waals surface area (Å²) in [5.74, 6) is 0.787. The molecule has 1 amide bonds. The molecular weight excluding hydrogens is 494 g/mol. The third-order valence-electron chi connectivity index (χ3n) is 12.4. The molecule has 1 aliphatic heterocycles. The summed E-state index contributed by atoms with van der Waals surface area (Å²) in [5, 5.41) is 10.8. The molecule has 1 N–H and O–H groups in total. The molecule has 2 heterocycles. The van der Waals surface area contributed by atoms with Gasteiger partial charge in [0.1, 0.15) is 5.60 Å². The molecule has 4 fully saturated rings. The number of rotatable bonds is 6. The number of hydrogen-bond acceptors (Lipinski definition) is 6. The predicted molar refractivity (Wildman–Crippen MR) is 144 cm³/mol. The number of nitrogens with zero attached hydrogens (tertiary/aromatic N) is 1. The van der Waals surface area contributed by atoms with E-state index in [-0.39, 0.29) is 46.1 Å². The second-order valence-electron chi connectivity index (χ2n) is 13.7. The van der Waals surface area contributed by atoms with Gasteiger partial charge < -0.3 is 23.9 Å². The van der Waals surface area contributed by atoms with Crippen molar-refractivity contribution in [1.29, 1.82) is 0 Å². The van der Waals surface area contributed by atoms with Gasteiger partial charge in [0.15, 0.2) is 5.76 Å². The summed E-state index contributed by atoms with van der Waals surface area (Å²) in [7, 11) is 1.68. The van der Waals surface area contributed by atoms with Crippen molar-refractivity contribution in [2.45, 2.75) is 76.9 Å². The van der Waals surface area contributed by atoms with Crippen LogP contribution in [0.4, 0.5) is 4.79 Å². The number of carbonyl (C=O) groups is 2. The molecular formula is C32H41NO6. The van der Waals surface area contributed by atoms with Gasteiger partial charge in [0.2, 0.25) is 5.78 Å². The number of allylic oxidation sites excluding steroid dienone is 4. The lowest BCUT2D eigenvalue weighted by Gasteiger charge is -2.71. The molecule has 6 aliphatic carbocycles. The van der Waals surface area contributed by atoms with Crippen LogP contribution in [0.15, 0.2) is 46.6 Å². The number of carbonyl (C=O) groups excluding carboxylic acids is 2. The van der Waals surface area contributed by atoms with E-state index in [0.29, 0.717) is 31.9 Å². The van der Waals surface area contributed by atoms with Gasteiger partial charge in [0.05, 0.1) is 18.9 Å². The number of hydrogen-bond donors (Lipinski definition) is 1. The lowest BCUT2D eigenvalue weighted by Crippen LogP contribution is -2.67. The van der Waals surface area contributed by atoms with Crippen LogP contribution in [-0.2, 0) is 9.47 Å². The van der Waals surface area contributed by atoms with E-state index in [9.17, 15) is 14.7 Å². The fourth-order valence-electron chi connectivity index (χ4n) is 10.5. The Labute approximate surface area is 230 Å². The van der Waals surface area contributed by atoms with E-state index < -0.39 is 11.0 Å². The standard InChI is InChI=1S/C32H41NO6/c1-28-10-7-21(34)18-30(28)13-14-32(22(19-30)26(35)23-6-4-17-38-23)24(28)8-11-29(2)25(32)9-12-31(29)20-33(27(36)39-31)15-5-16-37-3/h4,6,13-14,17,19,21,24-25,34H,5,7-12,15-16,18,20H2,1-3H3. The molecule has 0 radical (unpaired) electrons. The van der Waals surface area contributed by atoms with Crippen molar-refractivity contribution in [2.24, 2.45) is 33.5 Å². The fraction of sp³-hybridized carbons (Fsp3) is 0.688. The Balaban J connectivity index is 1.33. The normalized spacial score (nSPS) is 45.6. The topological polar surface area (TPSA) is 89.2 Å². The van der Waals surface area contributed by atoms with Gasteiger partial charge in [-0.05, 0) is 80.8 Å². The molecule has 2 bridgehead atoms. The lowest BCUT2D eigenvalue weighted by atomic mass is 9.32. The average Bonchev–Trinajstić information content (AvgIpc) is 3.63. The Hall–Kier alpha value is -2.38. The molecule has 3 saturated carbocycles. The summed E-state index contributed by atoms with van der Waals surface area (Å²) in [6.45, 7) is 6.59. The summed E-state index contributed by atoms with van der Waals surface area (Å²) in [6.07, 6.45) is 14.8. The first-order valence-corrected chi connectivity index (χ1v) is 14.8. The number of Topliss-reactive ketones (excluding diaryl/α,β-unsaturated/α-hetero) is 1. The molecule has 8 unspecified atom stereocenters. The molecule has 3 spiro atoms. The molecule has 7 heteroatoms. The quantitative estimate of drug-likeness (QED) is 0.292. The lowest BCUT2D eigenvalue weighted by molar-refractivity contribution is -0.164. The van der Waals surface area contributed by atoms with Crippen LogP contribution in [0, 0.1) is 33.5 Å². The number of aliphatic hydroxyl groups is 1. The minimum absolute atomic E-state index is 0.0364. The second-order valence-corrected chi connectivity index (χ2v) is 13.7. The van der Waals surface area contributed by atoms with E-state index >= 15 is 0 Å². The third-order valence-corrected chi connectivity index (χ3v) is 12.4. The second kappa shape index (κ2) is 8.32. The molecule has 1 saturated heterocycles. The van der Waals surface area contributed by atoms with Crippen LogP contribution in [-0.4, -0.2) is 60.4 Å². The Morgan fingerprint density at radius 3 is 2.67 bits per heavy atom. The van der Waals surface area contributed by atoms with Crippen LogP contribution in [0.3, 0.4) is 0 Å². The number of furan rings is 1. The first-order chi connectivity index (χ1) is 18.6. The number of aliphatic hydroxyl groups excluding tert-OH is 1. The van der Waals surface area contributed by atoms with E-state index in [0.717, 1.165) is 50.5 Å². The van der Waals surface area contributed by atoms with E-state index in [1.165, 1.54) is 0 Å². The zero-order chi connectivity index (χ0) is 27.3. The van der Waals surface area contributed by atoms with E-state index in [4.69, 9.17) is 13.9 Å². The van der Waals surface area contributed by atoms with Gasteiger partial charge in [-0.2, -0.15) is 0 Å². The van der Waals surface area contributed by atoms with Crippen molar-refractivity contribution < 1.29 is 28.6 Å². The van der Waals surface area contributed by atoms with Crippen molar-refractivity contribution in [1.82, 2.24) is 4.90 Å². The average molecular weight is 536 g/mol. The van der Waals surface area contributed by atoms with Crippen LogP contribution < -0.4 is 0 Å². The van der Waals surface area contributed by atoms with Gasteiger partial charge in [-0.25, -0.2) is 4.79 Å². The summed E-state index contributed by atoms with van der Waals surface area (Å²) in [6, 6.07) is 3.54. The summed E-state index contributed by atoms with van der Waals surface area (Å²) < 4.78 is 17.3. The van der Waals surface area contributed by atoms with Gasteiger partial charge >= 0.3 is 6.09 Å². The number of amides is 1. The minimum atomic E-state index is -0.552. The third kappa shape index (κ3) is 3.06. The maximum Gasteiger partial charge on any atom is 0.410 e. The summed E-state index contributed by atoms with van der Waals surface area (Å²) >= 11 is 0. The maximum atomic E-state index is 14.3. The van der Waals surface area contributed by atoms with E-state index in [1.54, 1.807) is 25.5 Å². The fourth-order valence-corrected chi connectivity index (χ4v) is 10.5. The van der Waals surface area contributed by atoms with E-state index in [1.807, 2.05) is 4.90 Å². The predicted octanol–water partition coefficient (Wildman–Crippen LogP) is 5.55. The van der Waals surface area contributed by atoms with Crippen LogP contribution in [0.25, 0.3) is 0 Å². The van der Waals surface area contributed by atoms with Gasteiger partial charge in [-0.1, -0.05) is 32.1 Å². The van der Waals surface area contributed by atoms with Crippen LogP contribution in [0.5, 0.6) is 0 Å². The van der Waals surface area contributed by atoms with Gasteiger partial charge in [0.25, 0.3) is 0 Å². The molecule has 1 aromatic heterocycles. The maximum absolute atomic E-state index is 14.3. The number of ether oxygens (including phenoxy) is 2. The zero-order valence-corrected chi connectivity index (χ0v) is 23.4. The highest BCUT2D eigenvalue weighted by molar-refractivity contribution is 6.08. The van der Waals surface area contributed by atoms with Crippen molar-refractivity contribution in [3.8, 4) is 0 Å². The molecule has 1 aromatic rings. The largest absolute Gasteiger partial charge is 0.461 e. The molecule has 0 aromatic carbocycles.